The van der Waals surface area contributed by atoms with Crippen molar-refractivity contribution < 1.29 is 9.18 Å². The first-order chi connectivity index (χ1) is 13.5. The molecule has 1 heterocycles. The quantitative estimate of drug-likeness (QED) is 0.725. The van der Waals surface area contributed by atoms with E-state index < -0.39 is 5.67 Å². The molecule has 28 heavy (non-hydrogen) atoms. The molecule has 0 bridgehead atoms. The third kappa shape index (κ3) is 4.50. The number of hydrogen-bond donors (Lipinski definition) is 1. The van der Waals surface area contributed by atoms with E-state index >= 15 is 4.39 Å². The topological polar surface area (TPSA) is 32.3 Å². The third-order valence-corrected chi connectivity index (χ3v) is 6.21. The van der Waals surface area contributed by atoms with Crippen molar-refractivity contribution in [2.75, 3.05) is 19.6 Å². The maximum absolute atomic E-state index is 15.3. The van der Waals surface area contributed by atoms with Crippen molar-refractivity contribution in [3.63, 3.8) is 0 Å². The Bertz CT molecular complexity index is 814. The van der Waals surface area contributed by atoms with Crippen LogP contribution in [-0.4, -0.2) is 42.0 Å². The Hall–Kier alpha value is -2.04. The molecule has 4 heteroatoms. The van der Waals surface area contributed by atoms with Gasteiger partial charge < -0.3 is 5.32 Å². The lowest BCUT2D eigenvalue weighted by molar-refractivity contribution is 0.0544. The number of likely N-dealkylation sites (tertiary alicyclic amines) is 1. The van der Waals surface area contributed by atoms with Gasteiger partial charge in [0.05, 0.1) is 0 Å². The molecule has 0 amide bonds. The minimum atomic E-state index is -1.12. The lowest BCUT2D eigenvalue weighted by Crippen LogP contribution is -2.47. The molecule has 2 aromatic carbocycles. The summed E-state index contributed by atoms with van der Waals surface area (Å²) in [7, 11) is 0. The van der Waals surface area contributed by atoms with Gasteiger partial charge in [-0.1, -0.05) is 54.6 Å². The van der Waals surface area contributed by atoms with Gasteiger partial charge in [-0.05, 0) is 37.3 Å². The van der Waals surface area contributed by atoms with Crippen LogP contribution in [0.5, 0.6) is 0 Å². The Morgan fingerprint density at radius 3 is 2.50 bits per heavy atom. The molecule has 4 rings (SSSR count). The summed E-state index contributed by atoms with van der Waals surface area (Å²) in [5.74, 6) is 0.441. The Labute approximate surface area is 166 Å². The average molecular weight is 381 g/mol. The second-order valence-corrected chi connectivity index (χ2v) is 8.39. The van der Waals surface area contributed by atoms with E-state index in [4.69, 9.17) is 0 Å². The van der Waals surface area contributed by atoms with Crippen LogP contribution in [0.3, 0.4) is 0 Å². The van der Waals surface area contributed by atoms with Crippen LogP contribution >= 0.6 is 0 Å². The maximum Gasteiger partial charge on any atom is 0.160 e. The van der Waals surface area contributed by atoms with Crippen LogP contribution in [0.1, 0.15) is 53.6 Å². The van der Waals surface area contributed by atoms with Crippen molar-refractivity contribution in [1.82, 2.24) is 10.2 Å². The third-order valence-electron chi connectivity index (χ3n) is 6.21. The zero-order valence-electron chi connectivity index (χ0n) is 16.5. The maximum atomic E-state index is 15.3. The molecule has 2 aliphatic rings. The Kier molecular flexibility index (Phi) is 5.61. The van der Waals surface area contributed by atoms with Crippen LogP contribution in [0.2, 0.25) is 0 Å². The molecule has 0 aromatic heterocycles. The van der Waals surface area contributed by atoms with Crippen LogP contribution in [0, 0.1) is 0 Å². The van der Waals surface area contributed by atoms with Crippen LogP contribution < -0.4 is 5.32 Å². The average Bonchev–Trinajstić information content (AvgIpc) is 3.49. The van der Waals surface area contributed by atoms with E-state index in [1.807, 2.05) is 30.3 Å². The number of nitrogens with zero attached hydrogens (tertiary/aromatic N) is 1. The number of ketones is 1. The van der Waals surface area contributed by atoms with Gasteiger partial charge in [-0.3, -0.25) is 9.69 Å². The summed E-state index contributed by atoms with van der Waals surface area (Å²) >= 11 is 0. The Morgan fingerprint density at radius 1 is 1.11 bits per heavy atom. The molecule has 1 N–H and O–H groups in total. The first kappa shape index (κ1) is 19.3. The number of hydrogen-bond acceptors (Lipinski definition) is 3. The molecule has 1 saturated carbocycles. The minimum absolute atomic E-state index is 0.106. The molecule has 2 aromatic rings. The van der Waals surface area contributed by atoms with Gasteiger partial charge in [-0.25, -0.2) is 4.39 Å². The Balaban J connectivity index is 1.26. The molecule has 0 spiro atoms. The fraction of sp³-hybridized carbons (Fsp3) is 0.458. The zero-order chi connectivity index (χ0) is 19.6. The number of carbonyl (C=O) groups is 1. The van der Waals surface area contributed by atoms with Gasteiger partial charge in [0.15, 0.2) is 5.78 Å². The van der Waals surface area contributed by atoms with Gasteiger partial charge in [-0.2, -0.15) is 0 Å². The van der Waals surface area contributed by atoms with Crippen molar-refractivity contribution in [1.29, 1.82) is 0 Å². The summed E-state index contributed by atoms with van der Waals surface area (Å²) in [6, 6.07) is 18.5. The fourth-order valence-electron chi connectivity index (χ4n) is 4.35. The first-order valence-corrected chi connectivity index (χ1v) is 10.3. The van der Waals surface area contributed by atoms with E-state index in [9.17, 15) is 4.79 Å². The summed E-state index contributed by atoms with van der Waals surface area (Å²) in [6.45, 7) is 4.53. The molecule has 1 saturated heterocycles. The lowest BCUT2D eigenvalue weighted by atomic mass is 9.92. The standard InChI is InChI=1S/C24H29FN2O/c1-18(28)20-9-5-6-10-21(20)22-15-23(22)26-17-24(25)11-13-27(14-12-24)16-19-7-3-2-4-8-19/h2-10,22-23,26H,11-17H2,1H3. The molecular formula is C24H29FN2O. The van der Waals surface area contributed by atoms with Crippen LogP contribution in [0.4, 0.5) is 4.39 Å². The van der Waals surface area contributed by atoms with Crippen molar-refractivity contribution in [2.24, 2.45) is 0 Å². The van der Waals surface area contributed by atoms with E-state index in [1.54, 1.807) is 6.92 Å². The van der Waals surface area contributed by atoms with Crippen molar-refractivity contribution in [2.45, 2.75) is 50.4 Å². The van der Waals surface area contributed by atoms with Gasteiger partial charge in [-0.15, -0.1) is 0 Å². The van der Waals surface area contributed by atoms with Crippen LogP contribution in [0.25, 0.3) is 0 Å². The van der Waals surface area contributed by atoms with E-state index in [2.05, 4.69) is 34.5 Å². The highest BCUT2D eigenvalue weighted by atomic mass is 19.1. The Morgan fingerprint density at radius 2 is 1.79 bits per heavy atom. The normalized spacial score (nSPS) is 24.1. The molecule has 2 atom stereocenters. The summed E-state index contributed by atoms with van der Waals surface area (Å²) in [4.78, 5) is 14.2. The largest absolute Gasteiger partial charge is 0.310 e. The van der Waals surface area contributed by atoms with E-state index in [1.165, 1.54) is 5.56 Å². The molecule has 3 nitrogen and oxygen atoms in total. The van der Waals surface area contributed by atoms with E-state index in [0.29, 0.717) is 25.3 Å². The van der Waals surface area contributed by atoms with Crippen LogP contribution in [-0.2, 0) is 6.54 Å². The minimum Gasteiger partial charge on any atom is -0.310 e. The first-order valence-electron chi connectivity index (χ1n) is 10.3. The number of nitrogens with one attached hydrogen (secondary N) is 1. The number of piperidine rings is 1. The highest BCUT2D eigenvalue weighted by Crippen LogP contribution is 2.43. The van der Waals surface area contributed by atoms with Crippen molar-refractivity contribution in [3.05, 3.63) is 71.3 Å². The molecule has 2 unspecified atom stereocenters. The fourth-order valence-corrected chi connectivity index (χ4v) is 4.35. The number of Topliss-reactive ketones (excluding diaryl/α,β-unsaturated/α-hetero) is 1. The molecular weight excluding hydrogens is 351 g/mol. The number of halogens is 1. The molecule has 148 valence electrons. The molecule has 1 aliphatic carbocycles. The predicted octanol–water partition coefficient (Wildman–Crippen LogP) is 4.34. The second kappa shape index (κ2) is 8.14. The summed E-state index contributed by atoms with van der Waals surface area (Å²) in [5.41, 5.74) is 2.08. The molecule has 1 aliphatic heterocycles. The molecule has 2 fully saturated rings. The number of benzene rings is 2. The van der Waals surface area contributed by atoms with Gasteiger partial charge >= 0.3 is 0 Å². The zero-order valence-corrected chi connectivity index (χ0v) is 16.5. The second-order valence-electron chi connectivity index (χ2n) is 8.39. The highest BCUT2D eigenvalue weighted by Gasteiger charge is 2.42. The number of alkyl halides is 1. The van der Waals surface area contributed by atoms with Gasteiger partial charge in [0, 0.05) is 43.7 Å². The van der Waals surface area contributed by atoms with Gasteiger partial charge in [0.1, 0.15) is 5.67 Å². The predicted molar refractivity (Wildman–Crippen MR) is 110 cm³/mol. The van der Waals surface area contributed by atoms with E-state index in [0.717, 1.165) is 37.2 Å². The van der Waals surface area contributed by atoms with Crippen molar-refractivity contribution >= 4 is 5.78 Å². The van der Waals surface area contributed by atoms with E-state index in [-0.39, 0.29) is 11.8 Å². The monoisotopic (exact) mass is 380 g/mol. The van der Waals surface area contributed by atoms with Crippen molar-refractivity contribution in [3.8, 4) is 0 Å². The van der Waals surface area contributed by atoms with Crippen LogP contribution in [0.15, 0.2) is 54.6 Å². The summed E-state index contributed by atoms with van der Waals surface area (Å²) < 4.78 is 15.3. The van der Waals surface area contributed by atoms with Gasteiger partial charge in [0.2, 0.25) is 0 Å². The van der Waals surface area contributed by atoms with Gasteiger partial charge in [0.25, 0.3) is 0 Å². The number of rotatable bonds is 7. The number of carbonyl (C=O) groups excluding carboxylic acids is 1. The smallest absolute Gasteiger partial charge is 0.160 e. The molecule has 0 radical (unpaired) electrons. The summed E-state index contributed by atoms with van der Waals surface area (Å²) in [6.07, 6.45) is 2.14. The highest BCUT2D eigenvalue weighted by molar-refractivity contribution is 5.95. The summed E-state index contributed by atoms with van der Waals surface area (Å²) in [5, 5.41) is 3.44. The lowest BCUT2D eigenvalue weighted by Gasteiger charge is -2.36. The SMILES string of the molecule is CC(=O)c1ccccc1C1CC1NCC1(F)CCN(Cc2ccccc2)CC1.